The molecule has 19 heavy (non-hydrogen) atoms. The number of benzene rings is 1. The maximum absolute atomic E-state index is 13.3. The van der Waals surface area contributed by atoms with Crippen LogP contribution in [0.3, 0.4) is 0 Å². The van der Waals surface area contributed by atoms with Crippen LogP contribution < -0.4 is 5.32 Å². The van der Waals surface area contributed by atoms with Gasteiger partial charge in [-0.3, -0.25) is 4.79 Å². The molecule has 1 N–H and O–H groups in total. The monoisotopic (exact) mass is 267 g/mol. The summed E-state index contributed by atoms with van der Waals surface area (Å²) in [6, 6.07) is 6.34. The summed E-state index contributed by atoms with van der Waals surface area (Å²) in [7, 11) is 0. The maximum Gasteiger partial charge on any atom is 0.224 e. The standard InChI is InChI=1S/C15H22FNO2/c1-2-3-10-19-11-6-9-17-15(18)12-13-7-4-5-8-14(13)16/h4-5,7-8H,2-3,6,9-12H2,1H3,(H,17,18). The van der Waals surface area contributed by atoms with E-state index < -0.39 is 0 Å². The van der Waals surface area contributed by atoms with Crippen molar-refractivity contribution in [3.63, 3.8) is 0 Å². The van der Waals surface area contributed by atoms with Crippen LogP contribution in [0.5, 0.6) is 0 Å². The van der Waals surface area contributed by atoms with Crippen molar-refractivity contribution in [1.29, 1.82) is 0 Å². The predicted molar refractivity (Wildman–Crippen MR) is 73.5 cm³/mol. The van der Waals surface area contributed by atoms with Gasteiger partial charge in [0.15, 0.2) is 0 Å². The molecule has 0 fully saturated rings. The largest absolute Gasteiger partial charge is 0.381 e. The highest BCUT2D eigenvalue weighted by Gasteiger charge is 2.06. The molecule has 0 saturated heterocycles. The Hall–Kier alpha value is -1.42. The third kappa shape index (κ3) is 6.91. The first-order valence-electron chi connectivity index (χ1n) is 6.82. The number of hydrogen-bond donors (Lipinski definition) is 1. The third-order valence-corrected chi connectivity index (χ3v) is 2.74. The van der Waals surface area contributed by atoms with Crippen molar-refractivity contribution < 1.29 is 13.9 Å². The van der Waals surface area contributed by atoms with E-state index >= 15 is 0 Å². The van der Waals surface area contributed by atoms with Gasteiger partial charge in [0.1, 0.15) is 5.82 Å². The SMILES string of the molecule is CCCCOCCCNC(=O)Cc1ccccc1F. The summed E-state index contributed by atoms with van der Waals surface area (Å²) < 4.78 is 18.7. The van der Waals surface area contributed by atoms with E-state index in [0.717, 1.165) is 25.9 Å². The average Bonchev–Trinajstić information content (AvgIpc) is 2.40. The minimum atomic E-state index is -0.333. The van der Waals surface area contributed by atoms with E-state index in [-0.39, 0.29) is 18.1 Å². The molecule has 0 aliphatic heterocycles. The van der Waals surface area contributed by atoms with E-state index in [2.05, 4.69) is 12.2 Å². The zero-order chi connectivity index (χ0) is 13.9. The molecule has 1 rings (SSSR count). The Morgan fingerprint density at radius 2 is 2.00 bits per heavy atom. The second-order valence-corrected chi connectivity index (χ2v) is 4.44. The molecular formula is C15H22FNO2. The van der Waals surface area contributed by atoms with Crippen molar-refractivity contribution in [1.82, 2.24) is 5.32 Å². The van der Waals surface area contributed by atoms with Crippen LogP contribution >= 0.6 is 0 Å². The second-order valence-electron chi connectivity index (χ2n) is 4.44. The van der Waals surface area contributed by atoms with E-state index in [1.807, 2.05) is 0 Å². The summed E-state index contributed by atoms with van der Waals surface area (Å²) in [5.74, 6) is -0.487. The molecule has 3 nitrogen and oxygen atoms in total. The summed E-state index contributed by atoms with van der Waals surface area (Å²) >= 11 is 0. The van der Waals surface area contributed by atoms with E-state index in [1.165, 1.54) is 6.07 Å². The van der Waals surface area contributed by atoms with Crippen molar-refractivity contribution in [3.8, 4) is 0 Å². The first-order valence-corrected chi connectivity index (χ1v) is 6.82. The highest BCUT2D eigenvalue weighted by molar-refractivity contribution is 5.78. The van der Waals surface area contributed by atoms with Crippen LogP contribution in [0.4, 0.5) is 4.39 Å². The van der Waals surface area contributed by atoms with Gasteiger partial charge in [0.2, 0.25) is 5.91 Å². The zero-order valence-corrected chi connectivity index (χ0v) is 11.5. The molecule has 0 unspecified atom stereocenters. The maximum atomic E-state index is 13.3. The smallest absolute Gasteiger partial charge is 0.224 e. The van der Waals surface area contributed by atoms with Gasteiger partial charge < -0.3 is 10.1 Å². The molecular weight excluding hydrogens is 245 g/mol. The van der Waals surface area contributed by atoms with Crippen molar-refractivity contribution in [2.45, 2.75) is 32.6 Å². The summed E-state index contributed by atoms with van der Waals surface area (Å²) in [5.41, 5.74) is 0.430. The Kier molecular flexibility index (Phi) is 7.82. The van der Waals surface area contributed by atoms with Crippen LogP contribution in [0.25, 0.3) is 0 Å². The van der Waals surface area contributed by atoms with Gasteiger partial charge in [-0.15, -0.1) is 0 Å². The molecule has 0 aliphatic carbocycles. The van der Waals surface area contributed by atoms with Gasteiger partial charge in [-0.25, -0.2) is 4.39 Å². The lowest BCUT2D eigenvalue weighted by atomic mass is 10.1. The molecule has 0 atom stereocenters. The lowest BCUT2D eigenvalue weighted by Crippen LogP contribution is -2.27. The van der Waals surface area contributed by atoms with Gasteiger partial charge in [0.25, 0.3) is 0 Å². The Balaban J connectivity index is 2.10. The highest BCUT2D eigenvalue weighted by Crippen LogP contribution is 2.06. The van der Waals surface area contributed by atoms with E-state index in [4.69, 9.17) is 4.74 Å². The third-order valence-electron chi connectivity index (χ3n) is 2.74. The highest BCUT2D eigenvalue weighted by atomic mass is 19.1. The number of nitrogens with one attached hydrogen (secondary N) is 1. The number of hydrogen-bond acceptors (Lipinski definition) is 2. The Morgan fingerprint density at radius 1 is 1.26 bits per heavy atom. The number of amides is 1. The van der Waals surface area contributed by atoms with Crippen molar-refractivity contribution in [2.24, 2.45) is 0 Å². The molecule has 0 aliphatic rings. The van der Waals surface area contributed by atoms with Gasteiger partial charge in [-0.05, 0) is 24.5 Å². The normalized spacial score (nSPS) is 10.4. The van der Waals surface area contributed by atoms with E-state index in [9.17, 15) is 9.18 Å². The lowest BCUT2D eigenvalue weighted by molar-refractivity contribution is -0.120. The molecule has 0 bridgehead atoms. The molecule has 0 heterocycles. The minimum absolute atomic E-state index is 0.0867. The molecule has 106 valence electrons. The Bertz CT molecular complexity index is 382. The van der Waals surface area contributed by atoms with Gasteiger partial charge in [0, 0.05) is 19.8 Å². The van der Waals surface area contributed by atoms with Gasteiger partial charge in [0.05, 0.1) is 6.42 Å². The molecule has 1 amide bonds. The number of halogens is 1. The molecule has 0 saturated carbocycles. The number of carbonyl (C=O) groups is 1. The molecule has 0 radical (unpaired) electrons. The van der Waals surface area contributed by atoms with Gasteiger partial charge >= 0.3 is 0 Å². The summed E-state index contributed by atoms with van der Waals surface area (Å²) in [4.78, 5) is 11.6. The molecule has 4 heteroatoms. The molecule has 0 spiro atoms. The molecule has 1 aromatic rings. The summed E-state index contributed by atoms with van der Waals surface area (Å²) in [5, 5.41) is 2.76. The van der Waals surface area contributed by atoms with E-state index in [1.54, 1.807) is 18.2 Å². The minimum Gasteiger partial charge on any atom is -0.381 e. The van der Waals surface area contributed by atoms with Crippen molar-refractivity contribution >= 4 is 5.91 Å². The van der Waals surface area contributed by atoms with Gasteiger partial charge in [-0.2, -0.15) is 0 Å². The zero-order valence-electron chi connectivity index (χ0n) is 11.5. The fourth-order valence-corrected chi connectivity index (χ4v) is 1.63. The average molecular weight is 267 g/mol. The van der Waals surface area contributed by atoms with Crippen LogP contribution in [0.2, 0.25) is 0 Å². The predicted octanol–water partition coefficient (Wildman–Crippen LogP) is 2.69. The van der Waals surface area contributed by atoms with Crippen molar-refractivity contribution in [3.05, 3.63) is 35.6 Å². The Labute approximate surface area is 114 Å². The topological polar surface area (TPSA) is 38.3 Å². The summed E-state index contributed by atoms with van der Waals surface area (Å²) in [6.45, 7) is 4.12. The number of unbranched alkanes of at least 4 members (excludes halogenated alkanes) is 1. The van der Waals surface area contributed by atoms with Crippen LogP contribution in [-0.4, -0.2) is 25.7 Å². The number of rotatable bonds is 9. The lowest BCUT2D eigenvalue weighted by Gasteiger charge is -2.06. The fraction of sp³-hybridized carbons (Fsp3) is 0.533. The number of ether oxygens (including phenoxy) is 1. The number of carbonyl (C=O) groups excluding carboxylic acids is 1. The quantitative estimate of drug-likeness (QED) is 0.699. The van der Waals surface area contributed by atoms with Crippen LogP contribution in [0.1, 0.15) is 31.7 Å². The summed E-state index contributed by atoms with van der Waals surface area (Å²) in [6.07, 6.45) is 3.06. The van der Waals surface area contributed by atoms with Crippen LogP contribution in [0.15, 0.2) is 24.3 Å². The Morgan fingerprint density at radius 3 is 2.74 bits per heavy atom. The first kappa shape index (κ1) is 15.6. The fourth-order valence-electron chi connectivity index (χ4n) is 1.63. The molecule has 1 aromatic carbocycles. The first-order chi connectivity index (χ1) is 9.24. The van der Waals surface area contributed by atoms with Gasteiger partial charge in [-0.1, -0.05) is 31.5 Å². The van der Waals surface area contributed by atoms with Crippen LogP contribution in [0, 0.1) is 5.82 Å². The second kappa shape index (κ2) is 9.50. The molecule has 0 aromatic heterocycles. The van der Waals surface area contributed by atoms with Crippen molar-refractivity contribution in [2.75, 3.05) is 19.8 Å². The van der Waals surface area contributed by atoms with E-state index in [0.29, 0.717) is 18.7 Å². The van der Waals surface area contributed by atoms with Crippen LogP contribution in [-0.2, 0) is 16.0 Å².